The van der Waals surface area contributed by atoms with E-state index in [0.29, 0.717) is 0 Å². The molecular weight excluding hydrogens is 214 g/mol. The third-order valence-electron chi connectivity index (χ3n) is 3.25. The van der Waals surface area contributed by atoms with Crippen molar-refractivity contribution >= 4 is 10.9 Å². The molecule has 1 aliphatic rings. The average molecular weight is 231 g/mol. The predicted octanol–water partition coefficient (Wildman–Crippen LogP) is 1.70. The third kappa shape index (κ3) is 2.00. The highest BCUT2D eigenvalue weighted by molar-refractivity contribution is 5.84. The van der Waals surface area contributed by atoms with Gasteiger partial charge in [-0.15, -0.1) is 5.10 Å². The molecule has 0 amide bonds. The summed E-state index contributed by atoms with van der Waals surface area (Å²) in [5, 5.41) is 8.90. The zero-order chi connectivity index (χ0) is 11.7. The van der Waals surface area contributed by atoms with Crippen LogP contribution in [0.2, 0.25) is 0 Å². The van der Waals surface area contributed by atoms with E-state index in [-0.39, 0.29) is 6.10 Å². The van der Waals surface area contributed by atoms with Crippen LogP contribution in [0.5, 0.6) is 5.88 Å². The van der Waals surface area contributed by atoms with Gasteiger partial charge in [-0.3, -0.25) is 4.68 Å². The fourth-order valence-electron chi connectivity index (χ4n) is 2.35. The summed E-state index contributed by atoms with van der Waals surface area (Å²) >= 11 is 0. The summed E-state index contributed by atoms with van der Waals surface area (Å²) in [6, 6.07) is 8.17. The Kier molecular flexibility index (Phi) is 2.73. The number of hydrogen-bond donors (Lipinski definition) is 1. The number of para-hydroxylation sites is 1. The van der Waals surface area contributed by atoms with Crippen LogP contribution in [-0.4, -0.2) is 29.0 Å². The minimum Gasteiger partial charge on any atom is -0.472 e. The van der Waals surface area contributed by atoms with E-state index in [9.17, 15) is 0 Å². The van der Waals surface area contributed by atoms with Gasteiger partial charge in [-0.05, 0) is 31.5 Å². The first kappa shape index (κ1) is 10.6. The molecule has 1 atom stereocenters. The van der Waals surface area contributed by atoms with Crippen LogP contribution in [-0.2, 0) is 7.05 Å². The summed E-state index contributed by atoms with van der Waals surface area (Å²) in [6.45, 7) is 2.02. The van der Waals surface area contributed by atoms with Crippen molar-refractivity contribution in [2.45, 2.75) is 18.9 Å². The highest BCUT2D eigenvalue weighted by atomic mass is 16.5. The van der Waals surface area contributed by atoms with Crippen molar-refractivity contribution < 1.29 is 4.74 Å². The minimum atomic E-state index is 0.252. The highest BCUT2D eigenvalue weighted by Gasteiger charge is 2.17. The second-order valence-corrected chi connectivity index (χ2v) is 4.53. The van der Waals surface area contributed by atoms with Crippen molar-refractivity contribution in [3.8, 4) is 5.88 Å². The summed E-state index contributed by atoms with van der Waals surface area (Å²) in [6.07, 6.45) is 2.54. The molecule has 1 fully saturated rings. The van der Waals surface area contributed by atoms with Gasteiger partial charge in [0.1, 0.15) is 6.10 Å². The molecule has 90 valence electrons. The van der Waals surface area contributed by atoms with Crippen molar-refractivity contribution in [2.75, 3.05) is 13.1 Å². The number of piperidine rings is 1. The van der Waals surface area contributed by atoms with Crippen molar-refractivity contribution in [3.05, 3.63) is 24.3 Å². The molecular formula is C13H17N3O. The fourth-order valence-corrected chi connectivity index (χ4v) is 2.35. The quantitative estimate of drug-likeness (QED) is 0.855. The zero-order valence-electron chi connectivity index (χ0n) is 10.0. The van der Waals surface area contributed by atoms with E-state index >= 15 is 0 Å². The second-order valence-electron chi connectivity index (χ2n) is 4.53. The van der Waals surface area contributed by atoms with Crippen molar-refractivity contribution in [3.63, 3.8) is 0 Å². The van der Waals surface area contributed by atoms with E-state index < -0.39 is 0 Å². The van der Waals surface area contributed by atoms with Crippen LogP contribution >= 0.6 is 0 Å². The molecule has 2 heterocycles. The normalized spacial score (nSPS) is 20.6. The number of benzene rings is 1. The van der Waals surface area contributed by atoms with Gasteiger partial charge in [0.2, 0.25) is 5.88 Å². The van der Waals surface area contributed by atoms with Gasteiger partial charge in [0.15, 0.2) is 0 Å². The van der Waals surface area contributed by atoms with E-state index in [1.54, 1.807) is 0 Å². The van der Waals surface area contributed by atoms with E-state index in [1.165, 1.54) is 6.42 Å². The average Bonchev–Trinajstić information content (AvgIpc) is 2.69. The number of nitrogens with one attached hydrogen (secondary N) is 1. The van der Waals surface area contributed by atoms with Crippen LogP contribution in [0.25, 0.3) is 10.9 Å². The molecule has 0 saturated carbocycles. The lowest BCUT2D eigenvalue weighted by molar-refractivity contribution is 0.161. The lowest BCUT2D eigenvalue weighted by Crippen LogP contribution is -2.37. The number of rotatable bonds is 2. The molecule has 1 aromatic carbocycles. The summed E-state index contributed by atoms with van der Waals surface area (Å²) < 4.78 is 7.87. The number of fused-ring (bicyclic) bond motifs is 1. The smallest absolute Gasteiger partial charge is 0.241 e. The minimum absolute atomic E-state index is 0.252. The van der Waals surface area contributed by atoms with Crippen LogP contribution in [0.4, 0.5) is 0 Å². The van der Waals surface area contributed by atoms with E-state index in [4.69, 9.17) is 4.74 Å². The maximum atomic E-state index is 5.99. The molecule has 1 aromatic heterocycles. The molecule has 1 unspecified atom stereocenters. The van der Waals surface area contributed by atoms with Gasteiger partial charge in [0, 0.05) is 13.6 Å². The van der Waals surface area contributed by atoms with Crippen LogP contribution in [0.3, 0.4) is 0 Å². The Morgan fingerprint density at radius 2 is 2.29 bits per heavy atom. The first-order chi connectivity index (χ1) is 8.34. The van der Waals surface area contributed by atoms with Gasteiger partial charge in [-0.25, -0.2) is 0 Å². The highest BCUT2D eigenvalue weighted by Crippen LogP contribution is 2.25. The number of nitrogens with zero attached hydrogens (tertiary/aromatic N) is 2. The largest absolute Gasteiger partial charge is 0.472 e. The predicted molar refractivity (Wildman–Crippen MR) is 67.2 cm³/mol. The van der Waals surface area contributed by atoms with Crippen molar-refractivity contribution in [1.82, 2.24) is 15.1 Å². The van der Waals surface area contributed by atoms with Gasteiger partial charge in [0.25, 0.3) is 0 Å². The summed E-state index contributed by atoms with van der Waals surface area (Å²) in [7, 11) is 1.95. The molecule has 0 aliphatic carbocycles. The molecule has 0 spiro atoms. The molecule has 1 aliphatic heterocycles. The maximum absolute atomic E-state index is 5.99. The summed E-state index contributed by atoms with van der Waals surface area (Å²) in [5.41, 5.74) is 1.12. The maximum Gasteiger partial charge on any atom is 0.241 e. The second kappa shape index (κ2) is 4.37. The molecule has 2 aromatic rings. The van der Waals surface area contributed by atoms with Crippen LogP contribution < -0.4 is 10.1 Å². The molecule has 1 saturated heterocycles. The third-order valence-corrected chi connectivity index (χ3v) is 3.25. The van der Waals surface area contributed by atoms with Gasteiger partial charge in [0.05, 0.1) is 10.9 Å². The van der Waals surface area contributed by atoms with Gasteiger partial charge in [-0.1, -0.05) is 12.1 Å². The van der Waals surface area contributed by atoms with E-state index in [0.717, 1.165) is 36.3 Å². The Labute approximate surface area is 101 Å². The van der Waals surface area contributed by atoms with Crippen LogP contribution in [0.15, 0.2) is 24.3 Å². The van der Waals surface area contributed by atoms with Crippen molar-refractivity contribution in [1.29, 1.82) is 0 Å². The zero-order valence-corrected chi connectivity index (χ0v) is 10.0. The molecule has 3 rings (SSSR count). The van der Waals surface area contributed by atoms with Gasteiger partial charge < -0.3 is 10.1 Å². The van der Waals surface area contributed by atoms with Crippen LogP contribution in [0.1, 0.15) is 12.8 Å². The molecule has 0 bridgehead atoms. The van der Waals surface area contributed by atoms with E-state index in [1.807, 2.05) is 23.9 Å². The number of hydrogen-bond acceptors (Lipinski definition) is 3. The molecule has 17 heavy (non-hydrogen) atoms. The fraction of sp³-hybridized carbons (Fsp3) is 0.462. The Balaban J connectivity index is 1.89. The molecule has 4 heteroatoms. The standard InChI is InChI=1S/C13H17N3O/c1-16-12-7-3-2-6-11(12)13(15-16)17-10-5-4-8-14-9-10/h2-3,6-7,10,14H,4-5,8-9H2,1H3. The van der Waals surface area contributed by atoms with Gasteiger partial charge >= 0.3 is 0 Å². The van der Waals surface area contributed by atoms with Crippen LogP contribution in [0, 0.1) is 0 Å². The number of aryl methyl sites for hydroxylation is 1. The Morgan fingerprint density at radius 1 is 1.41 bits per heavy atom. The molecule has 1 N–H and O–H groups in total. The van der Waals surface area contributed by atoms with E-state index in [2.05, 4.69) is 22.5 Å². The topological polar surface area (TPSA) is 39.1 Å². The summed E-state index contributed by atoms with van der Waals surface area (Å²) in [4.78, 5) is 0. The van der Waals surface area contributed by atoms with Crippen molar-refractivity contribution in [2.24, 2.45) is 7.05 Å². The number of aromatic nitrogens is 2. The first-order valence-corrected chi connectivity index (χ1v) is 6.14. The Hall–Kier alpha value is -1.55. The number of ether oxygens (including phenoxy) is 1. The van der Waals surface area contributed by atoms with Gasteiger partial charge in [-0.2, -0.15) is 0 Å². The lowest BCUT2D eigenvalue weighted by Gasteiger charge is -2.22. The lowest BCUT2D eigenvalue weighted by atomic mass is 10.1. The molecule has 0 radical (unpaired) electrons. The molecule has 4 nitrogen and oxygen atoms in total. The SMILES string of the molecule is Cn1nc(OC2CCCNC2)c2ccccc21. The Bertz CT molecular complexity index is 514. The first-order valence-electron chi connectivity index (χ1n) is 6.14. The Morgan fingerprint density at radius 3 is 3.12 bits per heavy atom. The monoisotopic (exact) mass is 231 g/mol. The summed E-state index contributed by atoms with van der Waals surface area (Å²) in [5.74, 6) is 0.761.